The van der Waals surface area contributed by atoms with Gasteiger partial charge in [0.15, 0.2) is 23.7 Å². The molecule has 1 fully saturated rings. The molecule has 2 heterocycles. The third-order valence-corrected chi connectivity index (χ3v) is 6.55. The van der Waals surface area contributed by atoms with Crippen LogP contribution in [0.15, 0.2) is 33.5 Å². The first-order valence-electron chi connectivity index (χ1n) is 11.6. The summed E-state index contributed by atoms with van der Waals surface area (Å²) >= 11 is 1.23. The summed E-state index contributed by atoms with van der Waals surface area (Å²) in [6.07, 6.45) is -3.14. The van der Waals surface area contributed by atoms with E-state index >= 15 is 0 Å². The number of fused-ring (bicyclic) bond motifs is 1. The lowest BCUT2D eigenvalue weighted by Crippen LogP contribution is -2.57. The van der Waals surface area contributed by atoms with Gasteiger partial charge in [0, 0.05) is 23.3 Å². The SMILES string of the molecule is CNCC(=O)O[C@@H]1[C@@H](OC(=O)CNC)[C@H](OC(=O)CNC)CS[C@H]1Oc1ccc2c(C)cc(=O)oc2c1.Cl.Cl.Cl. The van der Waals surface area contributed by atoms with Crippen LogP contribution in [-0.2, 0) is 28.6 Å². The van der Waals surface area contributed by atoms with Crippen molar-refractivity contribution < 1.29 is 37.7 Å². The Morgan fingerprint density at radius 1 is 0.875 bits per heavy atom. The molecule has 0 radical (unpaired) electrons. The van der Waals surface area contributed by atoms with Crippen LogP contribution in [0.1, 0.15) is 5.56 Å². The van der Waals surface area contributed by atoms with E-state index in [-0.39, 0.29) is 62.6 Å². The van der Waals surface area contributed by atoms with Crippen molar-refractivity contribution in [3.8, 4) is 5.75 Å². The van der Waals surface area contributed by atoms with Crippen LogP contribution in [0.5, 0.6) is 5.75 Å². The smallest absolute Gasteiger partial charge is 0.336 e. The standard InChI is InChI=1S/C24H31N3O9S.3ClH/c1-13-7-18(28)33-16-8-14(5-6-15(13)16)32-24-23(36-21(31)11-27-4)22(35-20(30)10-26-3)17(12-37-24)34-19(29)9-25-2;;;/h5-8,17,22-27H,9-12H2,1-4H3;3*1H/t17-,22+,23-,24-;;;/m1.../s1. The molecule has 0 unspecified atom stereocenters. The zero-order chi connectivity index (χ0) is 26.9. The normalized spacial score (nSPS) is 19.7. The highest BCUT2D eigenvalue weighted by molar-refractivity contribution is 7.99. The Balaban J connectivity index is 0.00000507. The van der Waals surface area contributed by atoms with E-state index in [2.05, 4.69) is 16.0 Å². The number of esters is 3. The number of nitrogens with one attached hydrogen (secondary N) is 3. The molecule has 0 aliphatic carbocycles. The molecule has 0 saturated carbocycles. The Bertz CT molecular complexity index is 1190. The molecule has 40 heavy (non-hydrogen) atoms. The average molecular weight is 647 g/mol. The highest BCUT2D eigenvalue weighted by Gasteiger charge is 2.48. The molecular weight excluding hydrogens is 613 g/mol. The van der Waals surface area contributed by atoms with Gasteiger partial charge in [0.05, 0.1) is 19.6 Å². The number of rotatable bonds is 11. The molecule has 0 spiro atoms. The van der Waals surface area contributed by atoms with Gasteiger partial charge >= 0.3 is 23.5 Å². The lowest BCUT2D eigenvalue weighted by atomic mass is 10.1. The van der Waals surface area contributed by atoms with E-state index in [0.29, 0.717) is 11.3 Å². The van der Waals surface area contributed by atoms with Crippen molar-refractivity contribution in [2.45, 2.75) is 30.7 Å². The second-order valence-corrected chi connectivity index (χ2v) is 9.39. The van der Waals surface area contributed by atoms with Gasteiger partial charge in [-0.2, -0.15) is 0 Å². The fourth-order valence-corrected chi connectivity index (χ4v) is 4.97. The first-order valence-corrected chi connectivity index (χ1v) is 12.7. The van der Waals surface area contributed by atoms with E-state index < -0.39 is 47.3 Å². The van der Waals surface area contributed by atoms with Crippen LogP contribution in [0.4, 0.5) is 0 Å². The molecule has 3 N–H and O–H groups in total. The number of ether oxygens (including phenoxy) is 4. The van der Waals surface area contributed by atoms with Crippen LogP contribution in [-0.4, -0.2) is 88.2 Å². The second-order valence-electron chi connectivity index (χ2n) is 8.25. The molecule has 1 saturated heterocycles. The Morgan fingerprint density at radius 3 is 2.00 bits per heavy atom. The van der Waals surface area contributed by atoms with Crippen molar-refractivity contribution in [1.82, 2.24) is 16.0 Å². The molecule has 12 nitrogen and oxygen atoms in total. The maximum atomic E-state index is 12.5. The van der Waals surface area contributed by atoms with E-state index in [1.54, 1.807) is 46.3 Å². The summed E-state index contributed by atoms with van der Waals surface area (Å²) in [7, 11) is 4.77. The minimum atomic E-state index is -1.13. The quantitative estimate of drug-likeness (QED) is 0.182. The number of benzene rings is 1. The first kappa shape index (κ1) is 37.7. The van der Waals surface area contributed by atoms with Crippen LogP contribution >= 0.6 is 49.0 Å². The van der Waals surface area contributed by atoms with Gasteiger partial charge in [-0.1, -0.05) is 0 Å². The fraction of sp³-hybridized carbons (Fsp3) is 0.500. The summed E-state index contributed by atoms with van der Waals surface area (Å²) in [5.74, 6) is -1.23. The fourth-order valence-electron chi connectivity index (χ4n) is 3.76. The summed E-state index contributed by atoms with van der Waals surface area (Å²) in [5, 5.41) is 8.87. The number of carbonyl (C=O) groups excluding carboxylic acids is 3. The van der Waals surface area contributed by atoms with E-state index in [1.165, 1.54) is 17.8 Å². The number of likely N-dealkylation sites (N-methyl/N-ethyl adjacent to an activating group) is 3. The molecule has 16 heteroatoms. The number of halogens is 3. The number of thioether (sulfide) groups is 1. The van der Waals surface area contributed by atoms with E-state index in [1.807, 2.05) is 0 Å². The van der Waals surface area contributed by atoms with Gasteiger partial charge in [0.25, 0.3) is 0 Å². The summed E-state index contributed by atoms with van der Waals surface area (Å²) in [6, 6.07) is 6.42. The lowest BCUT2D eigenvalue weighted by Gasteiger charge is -2.40. The molecule has 1 aliphatic heterocycles. The third kappa shape index (κ3) is 10.3. The molecule has 226 valence electrons. The number of hydrogen-bond acceptors (Lipinski definition) is 13. The van der Waals surface area contributed by atoms with Gasteiger partial charge in [-0.25, -0.2) is 4.79 Å². The van der Waals surface area contributed by atoms with Crippen LogP contribution in [0.3, 0.4) is 0 Å². The van der Waals surface area contributed by atoms with Gasteiger partial charge in [0.2, 0.25) is 0 Å². The highest BCUT2D eigenvalue weighted by atomic mass is 35.5. The monoisotopic (exact) mass is 645 g/mol. The van der Waals surface area contributed by atoms with Crippen molar-refractivity contribution in [3.05, 3.63) is 40.2 Å². The lowest BCUT2D eigenvalue weighted by molar-refractivity contribution is -0.188. The molecule has 1 aromatic heterocycles. The topological polar surface area (TPSA) is 154 Å². The maximum Gasteiger partial charge on any atom is 0.336 e. The van der Waals surface area contributed by atoms with Gasteiger partial charge in [-0.3, -0.25) is 14.4 Å². The Morgan fingerprint density at radius 2 is 1.43 bits per heavy atom. The summed E-state index contributed by atoms with van der Waals surface area (Å²) in [5.41, 5.74) is -0.230. The van der Waals surface area contributed by atoms with Gasteiger partial charge < -0.3 is 39.3 Å². The van der Waals surface area contributed by atoms with Crippen LogP contribution in [0.2, 0.25) is 0 Å². The van der Waals surface area contributed by atoms with Crippen molar-refractivity contribution in [2.24, 2.45) is 0 Å². The summed E-state index contributed by atoms with van der Waals surface area (Å²) in [6.45, 7) is 1.54. The summed E-state index contributed by atoms with van der Waals surface area (Å²) < 4.78 is 28.3. The zero-order valence-electron chi connectivity index (χ0n) is 22.3. The molecule has 2 aromatic rings. The summed E-state index contributed by atoms with van der Waals surface area (Å²) in [4.78, 5) is 49.0. The zero-order valence-corrected chi connectivity index (χ0v) is 25.5. The van der Waals surface area contributed by atoms with Crippen molar-refractivity contribution in [3.63, 3.8) is 0 Å². The molecule has 4 atom stereocenters. The van der Waals surface area contributed by atoms with Gasteiger partial charge in [-0.05, 0) is 45.8 Å². The van der Waals surface area contributed by atoms with Crippen LogP contribution in [0, 0.1) is 6.92 Å². The molecule has 1 aliphatic rings. The molecule has 0 bridgehead atoms. The molecular formula is C24H34Cl3N3O9S. The Kier molecular flexibility index (Phi) is 17.2. The Hall–Kier alpha value is -2.26. The first-order chi connectivity index (χ1) is 17.7. The van der Waals surface area contributed by atoms with Crippen molar-refractivity contribution in [1.29, 1.82) is 0 Å². The van der Waals surface area contributed by atoms with Gasteiger partial charge in [-0.15, -0.1) is 49.0 Å². The maximum absolute atomic E-state index is 12.5. The highest BCUT2D eigenvalue weighted by Crippen LogP contribution is 2.35. The number of carbonyl (C=O) groups is 3. The minimum Gasteiger partial charge on any atom is -0.476 e. The molecule has 3 rings (SSSR count). The van der Waals surface area contributed by atoms with Crippen molar-refractivity contribution >= 4 is 77.9 Å². The predicted molar refractivity (Wildman–Crippen MR) is 157 cm³/mol. The minimum absolute atomic E-state index is 0. The van der Waals surface area contributed by atoms with Crippen LogP contribution < -0.4 is 26.3 Å². The van der Waals surface area contributed by atoms with E-state index in [4.69, 9.17) is 23.4 Å². The Labute approximate surface area is 254 Å². The third-order valence-electron chi connectivity index (χ3n) is 5.34. The largest absolute Gasteiger partial charge is 0.476 e. The number of hydrogen-bond donors (Lipinski definition) is 3. The average Bonchev–Trinajstić information content (AvgIpc) is 2.82. The van der Waals surface area contributed by atoms with Crippen molar-refractivity contribution in [2.75, 3.05) is 46.5 Å². The predicted octanol–water partition coefficient (Wildman–Crippen LogP) is 1.21. The molecule has 0 amide bonds. The van der Waals surface area contributed by atoms with Gasteiger partial charge in [0.1, 0.15) is 11.3 Å². The number of aryl methyl sites for hydroxylation is 1. The van der Waals surface area contributed by atoms with E-state index in [0.717, 1.165) is 10.9 Å². The molecule has 1 aromatic carbocycles. The second kappa shape index (κ2) is 18.2. The van der Waals surface area contributed by atoms with E-state index in [9.17, 15) is 19.2 Å². The van der Waals surface area contributed by atoms with Crippen LogP contribution in [0.25, 0.3) is 11.0 Å².